The molecule has 7 heteroatoms. The molecule has 1 aliphatic heterocycles. The van der Waals surface area contributed by atoms with E-state index in [0.717, 1.165) is 36.2 Å². The Balaban J connectivity index is 1.75. The monoisotopic (exact) mass is 368 g/mol. The lowest BCUT2D eigenvalue weighted by Gasteiger charge is -2.27. The summed E-state index contributed by atoms with van der Waals surface area (Å²) in [7, 11) is 0. The van der Waals surface area contributed by atoms with Crippen LogP contribution in [-0.4, -0.2) is 57.6 Å². The molecule has 1 amide bonds. The zero-order valence-electron chi connectivity index (χ0n) is 15.7. The van der Waals surface area contributed by atoms with Crippen molar-refractivity contribution in [3.05, 3.63) is 42.4 Å². The average molecular weight is 368 g/mol. The fourth-order valence-corrected chi connectivity index (χ4v) is 3.57. The molecule has 0 aliphatic carbocycles. The number of carbonyl (C=O) groups excluding carboxylic acids is 1. The third-order valence-electron chi connectivity index (χ3n) is 5.06. The summed E-state index contributed by atoms with van der Waals surface area (Å²) in [4.78, 5) is 24.4. The van der Waals surface area contributed by atoms with Crippen molar-refractivity contribution in [1.82, 2.24) is 19.8 Å². The molecular formula is C20H28N6O. The van der Waals surface area contributed by atoms with Gasteiger partial charge in [0, 0.05) is 19.6 Å². The van der Waals surface area contributed by atoms with Gasteiger partial charge in [-0.1, -0.05) is 25.0 Å². The highest BCUT2D eigenvalue weighted by atomic mass is 16.2. The Hall–Kier alpha value is -2.67. The maximum atomic E-state index is 12.8. The molecule has 1 saturated heterocycles. The Kier molecular flexibility index (Phi) is 6.59. The zero-order chi connectivity index (χ0) is 19.1. The number of imidazole rings is 1. The van der Waals surface area contributed by atoms with Gasteiger partial charge in [-0.3, -0.25) is 10.2 Å². The molecule has 0 unspecified atom stereocenters. The summed E-state index contributed by atoms with van der Waals surface area (Å²) in [6.45, 7) is 3.99. The molecule has 4 N–H and O–H groups in total. The van der Waals surface area contributed by atoms with E-state index in [1.807, 2.05) is 18.2 Å². The van der Waals surface area contributed by atoms with Gasteiger partial charge in [-0.05, 0) is 49.8 Å². The number of H-pyrrole nitrogens is 1. The van der Waals surface area contributed by atoms with Crippen LogP contribution in [0.25, 0.3) is 11.0 Å². The highest BCUT2D eigenvalue weighted by Crippen LogP contribution is 2.17. The molecule has 0 radical (unpaired) electrons. The maximum Gasteiger partial charge on any atom is 0.272 e. The summed E-state index contributed by atoms with van der Waals surface area (Å²) < 4.78 is 0. The number of carbonyl (C=O) groups is 1. The topological polar surface area (TPSA) is 102 Å². The van der Waals surface area contributed by atoms with E-state index in [9.17, 15) is 4.79 Å². The Labute approximate surface area is 159 Å². The number of para-hydroxylation sites is 1. The summed E-state index contributed by atoms with van der Waals surface area (Å²) in [5.74, 6) is -0.306. The van der Waals surface area contributed by atoms with Crippen molar-refractivity contribution >= 4 is 22.7 Å². The van der Waals surface area contributed by atoms with E-state index in [2.05, 4.69) is 14.9 Å². The first kappa shape index (κ1) is 19.1. The second kappa shape index (κ2) is 9.32. The Bertz CT molecular complexity index is 804. The van der Waals surface area contributed by atoms with E-state index >= 15 is 0 Å². The number of fused-ring (bicyclic) bond motifs is 1. The summed E-state index contributed by atoms with van der Waals surface area (Å²) in [5, 5.41) is 7.99. The quantitative estimate of drug-likeness (QED) is 0.652. The lowest BCUT2D eigenvalue weighted by atomic mass is 10.1. The first-order valence-electron chi connectivity index (χ1n) is 9.58. The van der Waals surface area contributed by atoms with Crippen LogP contribution in [0, 0.1) is 5.41 Å². The lowest BCUT2D eigenvalue weighted by Crippen LogP contribution is -2.41. The number of nitrogens with two attached hydrogens (primary N) is 1. The molecule has 3 rings (SSSR count). The van der Waals surface area contributed by atoms with E-state index < -0.39 is 0 Å². The van der Waals surface area contributed by atoms with Crippen LogP contribution in [0.4, 0.5) is 0 Å². The lowest BCUT2D eigenvalue weighted by molar-refractivity contribution is -0.124. The van der Waals surface area contributed by atoms with Crippen molar-refractivity contribution in [2.75, 3.05) is 26.2 Å². The van der Waals surface area contributed by atoms with Crippen LogP contribution in [-0.2, 0) is 11.3 Å². The predicted octanol–water partition coefficient (Wildman–Crippen LogP) is 2.26. The second-order valence-corrected chi connectivity index (χ2v) is 6.97. The van der Waals surface area contributed by atoms with Crippen molar-refractivity contribution in [3.63, 3.8) is 0 Å². The van der Waals surface area contributed by atoms with E-state index in [1.165, 1.54) is 38.0 Å². The average Bonchev–Trinajstić information content (AvgIpc) is 3.01. The summed E-state index contributed by atoms with van der Waals surface area (Å²) in [5.41, 5.74) is 8.07. The molecule has 1 aliphatic rings. The standard InChI is InChI=1S/C20H28N6O/c21-9-8-17(22)20(27)26(13-12-25-10-3-1-2-4-11-25)14-16-6-5-7-18-19(16)24-15-23-18/h5-9,15,22H,1-4,10-14,21H2,(H,23,24). The minimum absolute atomic E-state index is 0.0948. The number of likely N-dealkylation sites (tertiary alicyclic amines) is 1. The first-order chi connectivity index (χ1) is 13.2. The van der Waals surface area contributed by atoms with Crippen molar-refractivity contribution < 1.29 is 4.79 Å². The van der Waals surface area contributed by atoms with Gasteiger partial charge in [-0.25, -0.2) is 4.98 Å². The number of nitrogens with zero attached hydrogens (tertiary/aromatic N) is 3. The molecule has 7 nitrogen and oxygen atoms in total. The van der Waals surface area contributed by atoms with Gasteiger partial charge in [-0.2, -0.15) is 0 Å². The van der Waals surface area contributed by atoms with Gasteiger partial charge < -0.3 is 20.5 Å². The minimum Gasteiger partial charge on any atom is -0.405 e. The fraction of sp³-hybridized carbons (Fsp3) is 0.450. The molecule has 0 spiro atoms. The Morgan fingerprint density at radius 1 is 1.30 bits per heavy atom. The van der Waals surface area contributed by atoms with Gasteiger partial charge in [0.2, 0.25) is 0 Å². The van der Waals surface area contributed by atoms with Crippen LogP contribution >= 0.6 is 0 Å². The van der Waals surface area contributed by atoms with Crippen LogP contribution in [0.2, 0.25) is 0 Å². The summed E-state index contributed by atoms with van der Waals surface area (Å²) in [6.07, 6.45) is 9.24. The highest BCUT2D eigenvalue weighted by molar-refractivity contribution is 6.41. The van der Waals surface area contributed by atoms with Gasteiger partial charge in [-0.15, -0.1) is 0 Å². The van der Waals surface area contributed by atoms with Crippen LogP contribution in [0.1, 0.15) is 31.2 Å². The van der Waals surface area contributed by atoms with Crippen LogP contribution in [0.5, 0.6) is 0 Å². The van der Waals surface area contributed by atoms with Gasteiger partial charge in [0.1, 0.15) is 5.71 Å². The zero-order valence-corrected chi connectivity index (χ0v) is 15.7. The number of hydrogen-bond donors (Lipinski definition) is 3. The van der Waals surface area contributed by atoms with E-state index in [1.54, 1.807) is 11.2 Å². The molecule has 2 aromatic rings. The Morgan fingerprint density at radius 2 is 2.07 bits per heavy atom. The van der Waals surface area contributed by atoms with Gasteiger partial charge in [0.05, 0.1) is 17.4 Å². The van der Waals surface area contributed by atoms with Crippen molar-refractivity contribution in [2.24, 2.45) is 5.73 Å². The molecule has 1 aromatic heterocycles. The number of benzene rings is 1. The second-order valence-electron chi connectivity index (χ2n) is 6.97. The van der Waals surface area contributed by atoms with Crippen molar-refractivity contribution in [3.8, 4) is 0 Å². The van der Waals surface area contributed by atoms with Gasteiger partial charge >= 0.3 is 0 Å². The third kappa shape index (κ3) is 4.95. The fourth-order valence-electron chi connectivity index (χ4n) is 3.57. The predicted molar refractivity (Wildman–Crippen MR) is 107 cm³/mol. The largest absolute Gasteiger partial charge is 0.405 e. The third-order valence-corrected chi connectivity index (χ3v) is 5.06. The SMILES string of the molecule is N=C(C=CN)C(=O)N(CCN1CCCCCC1)Cc1cccc2[nH]cnc12. The van der Waals surface area contributed by atoms with E-state index in [0.29, 0.717) is 13.1 Å². The summed E-state index contributed by atoms with van der Waals surface area (Å²) in [6, 6.07) is 5.91. The number of hydrogen-bond acceptors (Lipinski definition) is 5. The van der Waals surface area contributed by atoms with Crippen molar-refractivity contribution in [1.29, 1.82) is 5.41 Å². The smallest absolute Gasteiger partial charge is 0.272 e. The molecule has 0 atom stereocenters. The van der Waals surface area contributed by atoms with Gasteiger partial charge in [0.15, 0.2) is 0 Å². The first-order valence-corrected chi connectivity index (χ1v) is 9.58. The van der Waals surface area contributed by atoms with Crippen LogP contribution < -0.4 is 5.73 Å². The normalized spacial score (nSPS) is 15.9. The maximum absolute atomic E-state index is 12.8. The van der Waals surface area contributed by atoms with Crippen molar-refractivity contribution in [2.45, 2.75) is 32.2 Å². The number of aromatic amines is 1. The molecule has 1 aromatic carbocycles. The molecule has 2 heterocycles. The highest BCUT2D eigenvalue weighted by Gasteiger charge is 2.20. The Morgan fingerprint density at radius 3 is 2.81 bits per heavy atom. The van der Waals surface area contributed by atoms with E-state index in [-0.39, 0.29) is 11.6 Å². The van der Waals surface area contributed by atoms with E-state index in [4.69, 9.17) is 11.1 Å². The number of nitrogens with one attached hydrogen (secondary N) is 2. The van der Waals surface area contributed by atoms with Gasteiger partial charge in [0.25, 0.3) is 5.91 Å². The van der Waals surface area contributed by atoms with Crippen LogP contribution in [0.3, 0.4) is 0 Å². The number of amides is 1. The molecule has 0 saturated carbocycles. The summed E-state index contributed by atoms with van der Waals surface area (Å²) >= 11 is 0. The minimum atomic E-state index is -0.306. The molecule has 27 heavy (non-hydrogen) atoms. The molecule has 144 valence electrons. The molecule has 1 fully saturated rings. The molecule has 0 bridgehead atoms. The number of rotatable bonds is 7. The van der Waals surface area contributed by atoms with Crippen LogP contribution in [0.15, 0.2) is 36.8 Å². The number of aromatic nitrogens is 2. The molecular weight excluding hydrogens is 340 g/mol.